The van der Waals surface area contributed by atoms with Crippen molar-refractivity contribution in [3.8, 4) is 11.1 Å². The molecule has 0 amide bonds. The van der Waals surface area contributed by atoms with Crippen molar-refractivity contribution in [1.82, 2.24) is 5.32 Å². The van der Waals surface area contributed by atoms with Crippen LogP contribution in [-0.4, -0.2) is 13.1 Å². The molecule has 0 bridgehead atoms. The smallest absolute Gasteiger partial charge is 0.00462 e. The number of nitrogens with one attached hydrogen (secondary N) is 1. The van der Waals surface area contributed by atoms with Crippen LogP contribution in [0.3, 0.4) is 0 Å². The van der Waals surface area contributed by atoms with Crippen LogP contribution in [0.1, 0.15) is 24.0 Å². The van der Waals surface area contributed by atoms with Crippen LogP contribution in [0.15, 0.2) is 48.5 Å². The van der Waals surface area contributed by atoms with Crippen molar-refractivity contribution < 1.29 is 0 Å². The highest BCUT2D eigenvalue weighted by molar-refractivity contribution is 5.67. The molecular formula is C19H23N. The van der Waals surface area contributed by atoms with Gasteiger partial charge < -0.3 is 5.32 Å². The van der Waals surface area contributed by atoms with Gasteiger partial charge in [-0.3, -0.25) is 0 Å². The molecule has 0 aliphatic carbocycles. The fraction of sp³-hybridized carbons (Fsp3) is 0.368. The van der Waals surface area contributed by atoms with Gasteiger partial charge in [0.05, 0.1) is 0 Å². The zero-order chi connectivity index (χ0) is 13.8. The Morgan fingerprint density at radius 2 is 1.75 bits per heavy atom. The van der Waals surface area contributed by atoms with Gasteiger partial charge in [-0.1, -0.05) is 48.5 Å². The van der Waals surface area contributed by atoms with Crippen LogP contribution in [0, 0.1) is 12.8 Å². The summed E-state index contributed by atoms with van der Waals surface area (Å²) >= 11 is 0. The summed E-state index contributed by atoms with van der Waals surface area (Å²) in [5, 5.41) is 3.45. The quantitative estimate of drug-likeness (QED) is 0.877. The van der Waals surface area contributed by atoms with E-state index in [1.807, 2.05) is 0 Å². The molecular weight excluding hydrogens is 242 g/mol. The van der Waals surface area contributed by atoms with E-state index in [4.69, 9.17) is 0 Å². The highest BCUT2D eigenvalue weighted by Gasteiger charge is 2.14. The van der Waals surface area contributed by atoms with E-state index in [-0.39, 0.29) is 0 Å². The lowest BCUT2D eigenvalue weighted by Crippen LogP contribution is -2.28. The summed E-state index contributed by atoms with van der Waals surface area (Å²) < 4.78 is 0. The third-order valence-electron chi connectivity index (χ3n) is 4.37. The Kier molecular flexibility index (Phi) is 4.17. The number of rotatable bonds is 3. The highest BCUT2D eigenvalue weighted by Crippen LogP contribution is 2.26. The van der Waals surface area contributed by atoms with Gasteiger partial charge in [0, 0.05) is 0 Å². The van der Waals surface area contributed by atoms with Gasteiger partial charge in [0.2, 0.25) is 0 Å². The Balaban J connectivity index is 1.83. The van der Waals surface area contributed by atoms with Crippen molar-refractivity contribution in [2.24, 2.45) is 5.92 Å². The molecule has 104 valence electrons. The van der Waals surface area contributed by atoms with Crippen molar-refractivity contribution in [2.45, 2.75) is 26.2 Å². The molecule has 1 heterocycles. The number of piperidine rings is 1. The first-order valence-corrected chi connectivity index (χ1v) is 7.68. The van der Waals surface area contributed by atoms with Crippen molar-refractivity contribution in [2.75, 3.05) is 13.1 Å². The minimum Gasteiger partial charge on any atom is -0.317 e. The maximum absolute atomic E-state index is 3.45. The second-order valence-electron chi connectivity index (χ2n) is 5.91. The van der Waals surface area contributed by atoms with E-state index in [9.17, 15) is 0 Å². The predicted octanol–water partition coefficient (Wildman–Crippen LogP) is 4.20. The van der Waals surface area contributed by atoms with Crippen molar-refractivity contribution in [3.05, 3.63) is 59.7 Å². The molecule has 0 atom stereocenters. The van der Waals surface area contributed by atoms with Gasteiger partial charge in [0.1, 0.15) is 0 Å². The average Bonchev–Trinajstić information content (AvgIpc) is 2.51. The third kappa shape index (κ3) is 3.10. The van der Waals surface area contributed by atoms with E-state index >= 15 is 0 Å². The summed E-state index contributed by atoms with van der Waals surface area (Å²) in [6.07, 6.45) is 3.85. The molecule has 3 rings (SSSR count). The van der Waals surface area contributed by atoms with E-state index < -0.39 is 0 Å². The topological polar surface area (TPSA) is 12.0 Å². The lowest BCUT2D eigenvalue weighted by atomic mass is 9.89. The Morgan fingerprint density at radius 1 is 1.00 bits per heavy atom. The predicted molar refractivity (Wildman–Crippen MR) is 85.9 cm³/mol. The fourth-order valence-corrected chi connectivity index (χ4v) is 3.14. The average molecular weight is 265 g/mol. The van der Waals surface area contributed by atoms with Crippen LogP contribution in [0.2, 0.25) is 0 Å². The standard InChI is InChI=1S/C19H23N/c1-15-7-8-17(13-16-9-11-20-12-10-16)14-19(15)18-5-3-2-4-6-18/h2-8,14,16,20H,9-13H2,1H3. The number of aryl methyl sites for hydroxylation is 1. The first kappa shape index (κ1) is 13.4. The molecule has 20 heavy (non-hydrogen) atoms. The lowest BCUT2D eigenvalue weighted by molar-refractivity contribution is 0.372. The molecule has 1 heteroatoms. The summed E-state index contributed by atoms with van der Waals surface area (Å²) in [6.45, 7) is 4.57. The lowest BCUT2D eigenvalue weighted by Gasteiger charge is -2.23. The summed E-state index contributed by atoms with van der Waals surface area (Å²) in [7, 11) is 0. The molecule has 2 aromatic rings. The number of hydrogen-bond donors (Lipinski definition) is 1. The van der Waals surface area contributed by atoms with Crippen LogP contribution < -0.4 is 5.32 Å². The van der Waals surface area contributed by atoms with Gasteiger partial charge in [-0.15, -0.1) is 0 Å². The second-order valence-corrected chi connectivity index (χ2v) is 5.91. The van der Waals surface area contributed by atoms with Crippen LogP contribution in [0.4, 0.5) is 0 Å². The molecule has 1 nitrogen and oxygen atoms in total. The molecule has 0 radical (unpaired) electrons. The van der Waals surface area contributed by atoms with E-state index in [2.05, 4.69) is 60.8 Å². The molecule has 1 saturated heterocycles. The van der Waals surface area contributed by atoms with E-state index in [1.165, 1.54) is 54.6 Å². The maximum atomic E-state index is 3.45. The van der Waals surface area contributed by atoms with Crippen LogP contribution >= 0.6 is 0 Å². The first-order chi connectivity index (χ1) is 9.83. The summed E-state index contributed by atoms with van der Waals surface area (Å²) in [5.74, 6) is 0.850. The van der Waals surface area contributed by atoms with Gasteiger partial charge >= 0.3 is 0 Å². The van der Waals surface area contributed by atoms with Crippen LogP contribution in [0.5, 0.6) is 0 Å². The van der Waals surface area contributed by atoms with Crippen molar-refractivity contribution in [1.29, 1.82) is 0 Å². The second kappa shape index (κ2) is 6.23. The minimum absolute atomic E-state index is 0.850. The fourth-order valence-electron chi connectivity index (χ4n) is 3.14. The molecule has 0 saturated carbocycles. The molecule has 1 fully saturated rings. The van der Waals surface area contributed by atoms with Crippen molar-refractivity contribution >= 4 is 0 Å². The largest absolute Gasteiger partial charge is 0.317 e. The first-order valence-electron chi connectivity index (χ1n) is 7.68. The SMILES string of the molecule is Cc1ccc(CC2CCNCC2)cc1-c1ccccc1. The van der Waals surface area contributed by atoms with E-state index in [0.29, 0.717) is 0 Å². The Hall–Kier alpha value is -1.60. The summed E-state index contributed by atoms with van der Waals surface area (Å²) in [6, 6.07) is 17.7. The molecule has 2 aromatic carbocycles. The van der Waals surface area contributed by atoms with Crippen LogP contribution in [-0.2, 0) is 6.42 Å². The number of hydrogen-bond acceptors (Lipinski definition) is 1. The van der Waals surface area contributed by atoms with Gasteiger partial charge in [0.25, 0.3) is 0 Å². The van der Waals surface area contributed by atoms with Gasteiger partial charge in [0.15, 0.2) is 0 Å². The van der Waals surface area contributed by atoms with Gasteiger partial charge in [-0.05, 0) is 67.4 Å². The van der Waals surface area contributed by atoms with Crippen LogP contribution in [0.25, 0.3) is 11.1 Å². The maximum Gasteiger partial charge on any atom is -0.00462 e. The van der Waals surface area contributed by atoms with E-state index in [1.54, 1.807) is 0 Å². The summed E-state index contributed by atoms with van der Waals surface area (Å²) in [5.41, 5.74) is 5.57. The third-order valence-corrected chi connectivity index (χ3v) is 4.37. The number of benzene rings is 2. The molecule has 0 unspecified atom stereocenters. The van der Waals surface area contributed by atoms with E-state index in [0.717, 1.165) is 5.92 Å². The molecule has 1 N–H and O–H groups in total. The Morgan fingerprint density at radius 3 is 2.50 bits per heavy atom. The van der Waals surface area contributed by atoms with Crippen molar-refractivity contribution in [3.63, 3.8) is 0 Å². The van der Waals surface area contributed by atoms with Gasteiger partial charge in [-0.25, -0.2) is 0 Å². The minimum atomic E-state index is 0.850. The Labute approximate surface area is 122 Å². The summed E-state index contributed by atoms with van der Waals surface area (Å²) in [4.78, 5) is 0. The monoisotopic (exact) mass is 265 g/mol. The molecule has 0 spiro atoms. The Bertz CT molecular complexity index is 553. The zero-order valence-corrected chi connectivity index (χ0v) is 12.2. The zero-order valence-electron chi connectivity index (χ0n) is 12.2. The molecule has 1 aliphatic rings. The highest BCUT2D eigenvalue weighted by atomic mass is 14.9. The molecule has 1 aliphatic heterocycles. The van der Waals surface area contributed by atoms with Gasteiger partial charge in [-0.2, -0.15) is 0 Å². The molecule has 0 aromatic heterocycles. The normalized spacial score (nSPS) is 16.2.